The highest BCUT2D eigenvalue weighted by Crippen LogP contribution is 2.30. The standard InChI is InChI=1S/C18H15NO5S/c1-11(16-10-12-5-3-4-6-15(12)24-16)23-18(20)13-7-8-17(25-2)14(9-13)19(21)22/h3-11H,1-2H3. The maximum atomic E-state index is 12.3. The summed E-state index contributed by atoms with van der Waals surface area (Å²) >= 11 is 1.25. The van der Waals surface area contributed by atoms with Crippen molar-refractivity contribution in [2.45, 2.75) is 17.9 Å². The second-order valence-electron chi connectivity index (χ2n) is 5.38. The van der Waals surface area contributed by atoms with Crippen LogP contribution in [0.4, 0.5) is 5.69 Å². The monoisotopic (exact) mass is 357 g/mol. The van der Waals surface area contributed by atoms with Gasteiger partial charge in [0.25, 0.3) is 5.69 Å². The average molecular weight is 357 g/mol. The van der Waals surface area contributed by atoms with Crippen molar-refractivity contribution < 1.29 is 18.9 Å². The molecule has 6 nitrogen and oxygen atoms in total. The summed E-state index contributed by atoms with van der Waals surface area (Å²) in [5.41, 5.74) is 0.728. The second kappa shape index (κ2) is 6.98. The van der Waals surface area contributed by atoms with Gasteiger partial charge in [0.1, 0.15) is 11.3 Å². The predicted octanol–water partition coefficient (Wildman–Crippen LogP) is 4.98. The Kier molecular flexibility index (Phi) is 4.76. The minimum atomic E-state index is -0.635. The van der Waals surface area contributed by atoms with Gasteiger partial charge in [-0.15, -0.1) is 11.8 Å². The third-order valence-corrected chi connectivity index (χ3v) is 4.53. The zero-order chi connectivity index (χ0) is 18.0. The fourth-order valence-electron chi connectivity index (χ4n) is 2.45. The fourth-order valence-corrected chi connectivity index (χ4v) is 3.00. The van der Waals surface area contributed by atoms with E-state index < -0.39 is 17.0 Å². The van der Waals surface area contributed by atoms with Crippen LogP contribution in [0.5, 0.6) is 0 Å². The summed E-state index contributed by atoms with van der Waals surface area (Å²) in [5, 5.41) is 12.0. The lowest BCUT2D eigenvalue weighted by Crippen LogP contribution is -2.09. The third-order valence-electron chi connectivity index (χ3n) is 3.74. The summed E-state index contributed by atoms with van der Waals surface area (Å²) in [6, 6.07) is 13.6. The first-order valence-electron chi connectivity index (χ1n) is 7.51. The number of fused-ring (bicyclic) bond motifs is 1. The van der Waals surface area contributed by atoms with E-state index in [9.17, 15) is 14.9 Å². The molecule has 1 atom stereocenters. The number of thioether (sulfide) groups is 1. The lowest BCUT2D eigenvalue weighted by Gasteiger charge is -2.11. The van der Waals surface area contributed by atoms with Gasteiger partial charge in [0.05, 0.1) is 15.4 Å². The molecule has 1 unspecified atom stereocenters. The van der Waals surface area contributed by atoms with Crippen LogP contribution < -0.4 is 0 Å². The van der Waals surface area contributed by atoms with Gasteiger partial charge in [0.2, 0.25) is 0 Å². The number of esters is 1. The Morgan fingerprint density at radius 3 is 2.68 bits per heavy atom. The Morgan fingerprint density at radius 1 is 1.24 bits per heavy atom. The first kappa shape index (κ1) is 17.0. The first-order valence-corrected chi connectivity index (χ1v) is 8.74. The van der Waals surface area contributed by atoms with E-state index in [0.29, 0.717) is 16.2 Å². The van der Waals surface area contributed by atoms with E-state index in [1.165, 1.54) is 23.9 Å². The number of para-hydroxylation sites is 1. The molecule has 3 aromatic rings. The zero-order valence-electron chi connectivity index (χ0n) is 13.6. The van der Waals surface area contributed by atoms with Crippen LogP contribution in [0.1, 0.15) is 29.1 Å². The summed E-state index contributed by atoms with van der Waals surface area (Å²) in [4.78, 5) is 23.4. The van der Waals surface area contributed by atoms with Crippen molar-refractivity contribution in [3.05, 3.63) is 70.0 Å². The Bertz CT molecular complexity index is 917. The van der Waals surface area contributed by atoms with Crippen LogP contribution in [0.3, 0.4) is 0 Å². The molecule has 0 amide bonds. The topological polar surface area (TPSA) is 82.6 Å². The first-order chi connectivity index (χ1) is 12.0. The molecule has 0 bridgehead atoms. The van der Waals surface area contributed by atoms with Crippen LogP contribution >= 0.6 is 11.8 Å². The minimum absolute atomic E-state index is 0.113. The highest BCUT2D eigenvalue weighted by molar-refractivity contribution is 7.98. The number of rotatable bonds is 5. The molecular weight excluding hydrogens is 342 g/mol. The Hall–Kier alpha value is -2.80. The summed E-state index contributed by atoms with van der Waals surface area (Å²) in [6.07, 6.45) is 1.13. The molecule has 2 aromatic carbocycles. The molecule has 0 aliphatic carbocycles. The molecule has 7 heteroatoms. The van der Waals surface area contributed by atoms with Crippen molar-refractivity contribution in [3.8, 4) is 0 Å². The Balaban J connectivity index is 1.81. The summed E-state index contributed by atoms with van der Waals surface area (Å²) in [7, 11) is 0. The van der Waals surface area contributed by atoms with Crippen LogP contribution in [-0.4, -0.2) is 17.1 Å². The third kappa shape index (κ3) is 3.51. The number of carbonyl (C=O) groups is 1. The van der Waals surface area contributed by atoms with Crippen molar-refractivity contribution in [2.75, 3.05) is 6.26 Å². The van der Waals surface area contributed by atoms with Gasteiger partial charge in [0.15, 0.2) is 6.10 Å². The number of ether oxygens (including phenoxy) is 1. The molecule has 1 heterocycles. The van der Waals surface area contributed by atoms with Crippen LogP contribution in [0.2, 0.25) is 0 Å². The smallest absolute Gasteiger partial charge is 0.339 e. The fraction of sp³-hybridized carbons (Fsp3) is 0.167. The molecule has 25 heavy (non-hydrogen) atoms. The zero-order valence-corrected chi connectivity index (χ0v) is 14.4. The maximum Gasteiger partial charge on any atom is 0.339 e. The van der Waals surface area contributed by atoms with Crippen molar-refractivity contribution in [3.63, 3.8) is 0 Å². The van der Waals surface area contributed by atoms with Gasteiger partial charge in [0, 0.05) is 11.5 Å². The highest BCUT2D eigenvalue weighted by atomic mass is 32.2. The lowest BCUT2D eigenvalue weighted by molar-refractivity contribution is -0.387. The number of nitro benzene ring substituents is 1. The quantitative estimate of drug-likeness (QED) is 0.277. The van der Waals surface area contributed by atoms with E-state index in [1.54, 1.807) is 19.2 Å². The molecule has 0 aliphatic heterocycles. The number of hydrogen-bond acceptors (Lipinski definition) is 6. The van der Waals surface area contributed by atoms with E-state index in [2.05, 4.69) is 0 Å². The highest BCUT2D eigenvalue weighted by Gasteiger charge is 2.21. The van der Waals surface area contributed by atoms with E-state index in [1.807, 2.05) is 30.3 Å². The molecule has 0 fully saturated rings. The molecule has 0 spiro atoms. The van der Waals surface area contributed by atoms with Gasteiger partial charge in [-0.3, -0.25) is 10.1 Å². The molecule has 0 aliphatic rings. The maximum absolute atomic E-state index is 12.3. The van der Waals surface area contributed by atoms with E-state index >= 15 is 0 Å². The number of benzene rings is 2. The van der Waals surface area contributed by atoms with Crippen molar-refractivity contribution in [2.24, 2.45) is 0 Å². The SMILES string of the molecule is CSc1ccc(C(=O)OC(C)c2cc3ccccc3o2)cc1[N+](=O)[O-]. The van der Waals surface area contributed by atoms with E-state index in [0.717, 1.165) is 5.39 Å². The van der Waals surface area contributed by atoms with Crippen molar-refractivity contribution in [1.82, 2.24) is 0 Å². The van der Waals surface area contributed by atoms with Crippen LogP contribution in [-0.2, 0) is 4.74 Å². The van der Waals surface area contributed by atoms with Gasteiger partial charge in [-0.2, -0.15) is 0 Å². The summed E-state index contributed by atoms with van der Waals surface area (Å²) in [5.74, 6) is -0.117. The molecule has 0 radical (unpaired) electrons. The average Bonchev–Trinajstić information content (AvgIpc) is 3.05. The van der Waals surface area contributed by atoms with Crippen LogP contribution in [0, 0.1) is 10.1 Å². The Labute approximate surface area is 147 Å². The van der Waals surface area contributed by atoms with Crippen LogP contribution in [0.25, 0.3) is 11.0 Å². The van der Waals surface area contributed by atoms with Gasteiger partial charge in [-0.05, 0) is 37.4 Å². The van der Waals surface area contributed by atoms with Gasteiger partial charge >= 0.3 is 5.97 Å². The largest absolute Gasteiger partial charge is 0.457 e. The normalized spacial score (nSPS) is 12.1. The predicted molar refractivity (Wildman–Crippen MR) is 94.9 cm³/mol. The van der Waals surface area contributed by atoms with E-state index in [-0.39, 0.29) is 11.3 Å². The van der Waals surface area contributed by atoms with Crippen LogP contribution in [0.15, 0.2) is 57.8 Å². The van der Waals surface area contributed by atoms with Crippen molar-refractivity contribution >= 4 is 34.4 Å². The lowest BCUT2D eigenvalue weighted by atomic mass is 10.2. The molecule has 0 saturated carbocycles. The number of nitro groups is 1. The second-order valence-corrected chi connectivity index (χ2v) is 6.23. The Morgan fingerprint density at radius 2 is 2.00 bits per heavy atom. The van der Waals surface area contributed by atoms with E-state index in [4.69, 9.17) is 9.15 Å². The molecule has 3 rings (SSSR count). The van der Waals surface area contributed by atoms with Gasteiger partial charge in [-0.1, -0.05) is 18.2 Å². The van der Waals surface area contributed by atoms with Gasteiger partial charge < -0.3 is 9.15 Å². The molecular formula is C18H15NO5S. The van der Waals surface area contributed by atoms with Gasteiger partial charge in [-0.25, -0.2) is 4.79 Å². The number of furan rings is 1. The molecule has 1 aromatic heterocycles. The molecule has 0 saturated heterocycles. The summed E-state index contributed by atoms with van der Waals surface area (Å²) < 4.78 is 11.1. The molecule has 0 N–H and O–H groups in total. The summed E-state index contributed by atoms with van der Waals surface area (Å²) in [6.45, 7) is 1.69. The number of hydrogen-bond donors (Lipinski definition) is 0. The number of nitrogens with zero attached hydrogens (tertiary/aromatic N) is 1. The molecule has 128 valence electrons. The number of carbonyl (C=O) groups excluding carboxylic acids is 1. The van der Waals surface area contributed by atoms with Crippen molar-refractivity contribution in [1.29, 1.82) is 0 Å². The minimum Gasteiger partial charge on any atom is -0.457 e.